The lowest BCUT2D eigenvalue weighted by Crippen LogP contribution is -2.60. The molecule has 0 saturated heterocycles. The van der Waals surface area contributed by atoms with Crippen molar-refractivity contribution in [1.29, 1.82) is 0 Å². The molecule has 8 N–H and O–H groups in total. The van der Waals surface area contributed by atoms with E-state index in [9.17, 15) is 29.4 Å². The van der Waals surface area contributed by atoms with E-state index >= 15 is 0 Å². The van der Waals surface area contributed by atoms with Crippen LogP contribution in [0.25, 0.3) is 0 Å². The van der Waals surface area contributed by atoms with E-state index in [2.05, 4.69) is 70.6 Å². The first-order valence-electron chi connectivity index (χ1n) is 23.7. The van der Waals surface area contributed by atoms with Gasteiger partial charge in [0.15, 0.2) is 0 Å². The number of nitrogens with one attached hydrogen (secondary N) is 6. The van der Waals surface area contributed by atoms with E-state index in [0.717, 1.165) is 85.7 Å². The summed E-state index contributed by atoms with van der Waals surface area (Å²) < 4.78 is 6.39. The molecule has 0 aromatic carbocycles. The zero-order valence-corrected chi connectivity index (χ0v) is 40.3. The van der Waals surface area contributed by atoms with Gasteiger partial charge in [-0.15, -0.1) is 0 Å². The van der Waals surface area contributed by atoms with Gasteiger partial charge < -0.3 is 40.3 Å². The number of imidazole rings is 1. The summed E-state index contributed by atoms with van der Waals surface area (Å²) in [5.74, 6) is -0.775. The molecule has 3 aliphatic rings. The van der Waals surface area contributed by atoms with Crippen molar-refractivity contribution in [3.8, 4) is 0 Å². The third kappa shape index (κ3) is 18.7. The van der Waals surface area contributed by atoms with Crippen LogP contribution in [0.2, 0.25) is 0 Å². The maximum atomic E-state index is 14.5. The maximum absolute atomic E-state index is 14.5. The number of alkyl carbamates (subject to hydrolysis) is 1. The van der Waals surface area contributed by atoms with Crippen molar-refractivity contribution in [2.24, 2.45) is 11.8 Å². The number of aliphatic hydroxyl groups excluding tert-OH is 2. The van der Waals surface area contributed by atoms with Crippen molar-refractivity contribution in [2.45, 2.75) is 167 Å². The lowest BCUT2D eigenvalue weighted by Gasteiger charge is -2.38. The van der Waals surface area contributed by atoms with Gasteiger partial charge in [0.25, 0.3) is 0 Å². The third-order valence-electron chi connectivity index (χ3n) is 12.1. The van der Waals surface area contributed by atoms with E-state index in [1.165, 1.54) is 10.5 Å². The summed E-state index contributed by atoms with van der Waals surface area (Å²) >= 11 is 0. The SMILES string of the molecule is CC(C)C[C@H](NC(=O)C[C@H](O)[C@H](CC1CCCCC1)NC(O)[C@H](Cc1c[nH+]c[nH]1)N(C)C(=O)[C@H](CC1=CC=CCC1)NC(=O)OC(C)(C)C)C(=O)NCC1=CCCC(C[N+](C)(C)C)=C1. The minimum absolute atomic E-state index is 0.117. The van der Waals surface area contributed by atoms with Crippen LogP contribution >= 0.6 is 0 Å². The fraction of sp³-hybridized carbons (Fsp3) is 0.694. The standard InChI is InChI=1S/C49H80N8O7/c1-33(2)23-40(45(60)51-29-36-21-16-22-37(24-36)31-57(7,8)9)53-44(59)28-43(58)39(25-34-17-12-10-13-18-34)54-46(61)42(27-38-30-50-32-52-38)56(6)47(62)41(26-35-19-14-11-15-20-35)55-48(63)64-49(3,4)5/h11,14,19,21,24,30,32-34,39-43,46,54,58,61H,10,12-13,15-18,20,22-23,25-29,31H2,1-9H3,(H3-,50,51,52,53,55,59,60,63)/p+2/t39-,40-,41-,42-,43-,46?/m0/s1. The van der Waals surface area contributed by atoms with Gasteiger partial charge >= 0.3 is 6.09 Å². The lowest BCUT2D eigenvalue weighted by molar-refractivity contribution is -0.865. The first kappa shape index (κ1) is 52.3. The second-order valence-electron chi connectivity index (χ2n) is 20.8. The highest BCUT2D eigenvalue weighted by Crippen LogP contribution is 2.29. The number of aliphatic hydroxyl groups is 2. The monoisotopic (exact) mass is 895 g/mol. The van der Waals surface area contributed by atoms with Gasteiger partial charge in [-0.05, 0) is 88.7 Å². The summed E-state index contributed by atoms with van der Waals surface area (Å²) in [6.45, 7) is 10.6. The Bertz CT molecular complexity index is 1790. The van der Waals surface area contributed by atoms with E-state index in [1.807, 2.05) is 26.0 Å². The number of hydrogen-bond acceptors (Lipinski definition) is 8. The zero-order chi connectivity index (χ0) is 47.0. The molecule has 3 aliphatic carbocycles. The maximum Gasteiger partial charge on any atom is 0.408 e. The van der Waals surface area contributed by atoms with E-state index < -0.39 is 60.0 Å². The number of likely N-dealkylation sites (N-methyl/N-ethyl adjacent to an activating group) is 2. The van der Waals surface area contributed by atoms with Crippen LogP contribution in [-0.2, 0) is 25.5 Å². The predicted molar refractivity (Wildman–Crippen MR) is 249 cm³/mol. The molecular formula is C49H82N8O7+2. The van der Waals surface area contributed by atoms with Crippen LogP contribution in [0.3, 0.4) is 0 Å². The Balaban J connectivity index is 1.51. The van der Waals surface area contributed by atoms with E-state index in [4.69, 9.17) is 4.74 Å². The molecule has 0 aliphatic heterocycles. The van der Waals surface area contributed by atoms with Crippen LogP contribution in [0.1, 0.15) is 124 Å². The average Bonchev–Trinajstić information content (AvgIpc) is 3.73. The normalized spacial score (nSPS) is 19.0. The Labute approximate surface area is 382 Å². The van der Waals surface area contributed by atoms with Crippen LogP contribution in [0.4, 0.5) is 4.79 Å². The van der Waals surface area contributed by atoms with Gasteiger partial charge in [0.2, 0.25) is 24.0 Å². The Morgan fingerprint density at radius 3 is 2.33 bits per heavy atom. The predicted octanol–water partition coefficient (Wildman–Crippen LogP) is 4.76. The van der Waals surface area contributed by atoms with E-state index in [0.29, 0.717) is 19.4 Å². The molecule has 1 unspecified atom stereocenters. The third-order valence-corrected chi connectivity index (χ3v) is 12.1. The average molecular weight is 895 g/mol. The largest absolute Gasteiger partial charge is 0.444 e. The first-order valence-corrected chi connectivity index (χ1v) is 23.7. The van der Waals surface area contributed by atoms with E-state index in [-0.39, 0.29) is 37.0 Å². The van der Waals surface area contributed by atoms with Crippen LogP contribution in [-0.4, -0.2) is 132 Å². The number of aromatic amines is 2. The molecule has 15 heteroatoms. The molecule has 1 aromatic heterocycles. The van der Waals surface area contributed by atoms with Gasteiger partial charge in [0.1, 0.15) is 42.3 Å². The molecule has 0 bridgehead atoms. The van der Waals surface area contributed by atoms with Crippen molar-refractivity contribution in [2.75, 3.05) is 41.3 Å². The molecule has 358 valence electrons. The zero-order valence-electron chi connectivity index (χ0n) is 40.3. The van der Waals surface area contributed by atoms with Crippen LogP contribution in [0.5, 0.6) is 0 Å². The van der Waals surface area contributed by atoms with Gasteiger partial charge in [0, 0.05) is 26.1 Å². The van der Waals surface area contributed by atoms with E-state index in [1.54, 1.807) is 40.3 Å². The molecule has 1 heterocycles. The minimum atomic E-state index is -1.35. The number of H-pyrrole nitrogens is 2. The van der Waals surface area contributed by atoms with Gasteiger partial charge in [-0.1, -0.05) is 81.9 Å². The Morgan fingerprint density at radius 2 is 1.70 bits per heavy atom. The number of aromatic nitrogens is 2. The smallest absolute Gasteiger partial charge is 0.408 e. The summed E-state index contributed by atoms with van der Waals surface area (Å²) in [6.07, 6.45) is 20.2. The molecule has 1 fully saturated rings. The Hall–Kier alpha value is -4.31. The lowest BCUT2D eigenvalue weighted by atomic mass is 9.83. The number of carbonyl (C=O) groups excluding carboxylic acids is 4. The number of amides is 4. The first-order chi connectivity index (χ1) is 30.2. The summed E-state index contributed by atoms with van der Waals surface area (Å²) in [5.41, 5.74) is 3.35. The molecule has 1 saturated carbocycles. The molecule has 4 amide bonds. The number of rotatable bonds is 23. The molecule has 6 atom stereocenters. The molecular weight excluding hydrogens is 813 g/mol. The summed E-state index contributed by atoms with van der Waals surface area (Å²) in [5, 5.41) is 36.1. The number of hydrogen-bond donors (Lipinski definition) is 7. The Kier molecular flexibility index (Phi) is 20.3. The second kappa shape index (κ2) is 24.8. The van der Waals surface area contributed by atoms with Crippen molar-refractivity contribution >= 4 is 23.8 Å². The number of allylic oxidation sites excluding steroid dienone is 4. The van der Waals surface area contributed by atoms with Crippen molar-refractivity contribution < 1.29 is 43.6 Å². The van der Waals surface area contributed by atoms with Gasteiger partial charge in [-0.3, -0.25) is 24.7 Å². The fourth-order valence-electron chi connectivity index (χ4n) is 9.01. The van der Waals surface area contributed by atoms with Crippen molar-refractivity contribution in [3.63, 3.8) is 0 Å². The van der Waals surface area contributed by atoms with Crippen LogP contribution < -0.4 is 26.3 Å². The summed E-state index contributed by atoms with van der Waals surface area (Å²) in [7, 11) is 8.09. The van der Waals surface area contributed by atoms with Crippen molar-refractivity contribution in [1.82, 2.24) is 31.2 Å². The molecule has 1 aromatic rings. The van der Waals surface area contributed by atoms with Crippen LogP contribution in [0, 0.1) is 11.8 Å². The van der Waals surface area contributed by atoms with Crippen molar-refractivity contribution in [3.05, 3.63) is 65.3 Å². The number of carbonyl (C=O) groups is 4. The van der Waals surface area contributed by atoms with Gasteiger partial charge in [-0.25, -0.2) is 9.78 Å². The van der Waals surface area contributed by atoms with Crippen LogP contribution in [0.15, 0.2) is 59.6 Å². The molecule has 0 radical (unpaired) electrons. The summed E-state index contributed by atoms with van der Waals surface area (Å²) in [4.78, 5) is 62.6. The minimum Gasteiger partial charge on any atom is -0.444 e. The second-order valence-corrected chi connectivity index (χ2v) is 20.8. The molecule has 15 nitrogen and oxygen atoms in total. The summed E-state index contributed by atoms with van der Waals surface area (Å²) in [6, 6.07) is -3.36. The number of quaternary nitrogens is 1. The topological polar surface area (TPSA) is 199 Å². The molecule has 64 heavy (non-hydrogen) atoms. The quantitative estimate of drug-likeness (QED) is 0.0603. The highest BCUT2D eigenvalue weighted by atomic mass is 16.6. The number of ether oxygens (including phenoxy) is 1. The highest BCUT2D eigenvalue weighted by Gasteiger charge is 2.37. The number of nitrogens with zero attached hydrogens (tertiary/aromatic N) is 2. The molecule has 4 rings (SSSR count). The van der Waals surface area contributed by atoms with Gasteiger partial charge in [0.05, 0.1) is 39.7 Å². The van der Waals surface area contributed by atoms with Gasteiger partial charge in [-0.2, -0.15) is 0 Å². The Morgan fingerprint density at radius 1 is 0.984 bits per heavy atom. The fourth-order valence-corrected chi connectivity index (χ4v) is 9.01. The molecule has 0 spiro atoms. The highest BCUT2D eigenvalue weighted by molar-refractivity contribution is 5.88.